The Balaban J connectivity index is 1.88. The van der Waals surface area contributed by atoms with Gasteiger partial charge in [-0.25, -0.2) is 0 Å². The van der Waals surface area contributed by atoms with Crippen molar-refractivity contribution in [3.63, 3.8) is 0 Å². The van der Waals surface area contributed by atoms with Gasteiger partial charge in [0.05, 0.1) is 6.07 Å². The molecule has 90 valence electrons. The maximum absolute atomic E-state index is 8.96. The van der Waals surface area contributed by atoms with Crippen LogP contribution < -0.4 is 5.32 Å². The van der Waals surface area contributed by atoms with Crippen molar-refractivity contribution in [1.82, 2.24) is 15.1 Å². The van der Waals surface area contributed by atoms with E-state index in [0.717, 1.165) is 25.7 Å². The third-order valence-corrected chi connectivity index (χ3v) is 3.83. The summed E-state index contributed by atoms with van der Waals surface area (Å²) >= 11 is 0. The third-order valence-electron chi connectivity index (χ3n) is 3.83. The molecule has 2 atom stereocenters. The zero-order chi connectivity index (χ0) is 11.4. The lowest BCUT2D eigenvalue weighted by Gasteiger charge is -2.26. The zero-order valence-electron chi connectivity index (χ0n) is 10.2. The highest BCUT2D eigenvalue weighted by molar-refractivity contribution is 4.93. The lowest BCUT2D eigenvalue weighted by molar-refractivity contribution is 0.214. The third kappa shape index (κ3) is 2.73. The molecular weight excluding hydrogens is 200 g/mol. The summed E-state index contributed by atoms with van der Waals surface area (Å²) in [6, 6.07) is 3.04. The van der Waals surface area contributed by atoms with Gasteiger partial charge in [0, 0.05) is 19.1 Å². The summed E-state index contributed by atoms with van der Waals surface area (Å²) < 4.78 is 0. The molecule has 0 amide bonds. The van der Waals surface area contributed by atoms with Crippen LogP contribution in [0.3, 0.4) is 0 Å². The van der Waals surface area contributed by atoms with Crippen LogP contribution in [0.1, 0.15) is 19.3 Å². The number of nitrogens with one attached hydrogen (secondary N) is 1. The second kappa shape index (κ2) is 5.62. The number of nitriles is 1. The first-order valence-corrected chi connectivity index (χ1v) is 6.37. The van der Waals surface area contributed by atoms with E-state index in [1.54, 1.807) is 0 Å². The van der Waals surface area contributed by atoms with Crippen LogP contribution in [-0.2, 0) is 0 Å². The van der Waals surface area contributed by atoms with E-state index in [1.165, 1.54) is 32.4 Å². The van der Waals surface area contributed by atoms with E-state index in [1.807, 2.05) is 7.05 Å². The predicted octanol–water partition coefficient (Wildman–Crippen LogP) is 0.268. The van der Waals surface area contributed by atoms with Gasteiger partial charge in [0.15, 0.2) is 0 Å². The second-order valence-corrected chi connectivity index (χ2v) is 4.92. The van der Waals surface area contributed by atoms with E-state index in [-0.39, 0.29) is 6.04 Å². The number of hydrogen-bond acceptors (Lipinski definition) is 4. The Kier molecular flexibility index (Phi) is 4.16. The van der Waals surface area contributed by atoms with Gasteiger partial charge in [-0.2, -0.15) is 5.26 Å². The summed E-state index contributed by atoms with van der Waals surface area (Å²) in [4.78, 5) is 5.08. The summed E-state index contributed by atoms with van der Waals surface area (Å²) in [5.41, 5.74) is 0. The van der Waals surface area contributed by atoms with Crippen LogP contribution in [0.2, 0.25) is 0 Å². The number of likely N-dealkylation sites (N-methyl/N-ethyl adjacent to an activating group) is 1. The average Bonchev–Trinajstić information content (AvgIpc) is 2.65. The van der Waals surface area contributed by atoms with E-state index in [4.69, 9.17) is 5.26 Å². The van der Waals surface area contributed by atoms with Crippen LogP contribution in [0.4, 0.5) is 0 Å². The summed E-state index contributed by atoms with van der Waals surface area (Å²) in [5, 5.41) is 12.0. The van der Waals surface area contributed by atoms with E-state index in [9.17, 15) is 0 Å². The summed E-state index contributed by atoms with van der Waals surface area (Å²) in [6.45, 7) is 5.70. The predicted molar refractivity (Wildman–Crippen MR) is 64.1 cm³/mol. The van der Waals surface area contributed by atoms with Crippen molar-refractivity contribution in [3.8, 4) is 6.07 Å². The number of fused-ring (bicyclic) bond motifs is 1. The fourth-order valence-electron chi connectivity index (χ4n) is 2.90. The highest BCUT2D eigenvalue weighted by Gasteiger charge is 2.29. The second-order valence-electron chi connectivity index (χ2n) is 4.92. The first kappa shape index (κ1) is 11.8. The molecule has 4 heteroatoms. The topological polar surface area (TPSA) is 42.3 Å². The molecule has 0 aliphatic carbocycles. The van der Waals surface area contributed by atoms with Crippen LogP contribution in [0.15, 0.2) is 0 Å². The summed E-state index contributed by atoms with van der Waals surface area (Å²) in [6.07, 6.45) is 3.94. The number of hydrogen-bond donors (Lipinski definition) is 1. The van der Waals surface area contributed by atoms with Crippen LogP contribution in [0.5, 0.6) is 0 Å². The molecule has 0 radical (unpaired) electrons. The normalized spacial score (nSPS) is 29.4. The molecule has 0 saturated carbocycles. The Bertz CT molecular complexity index is 260. The van der Waals surface area contributed by atoms with E-state index in [0.29, 0.717) is 0 Å². The van der Waals surface area contributed by atoms with Crippen molar-refractivity contribution < 1.29 is 0 Å². The van der Waals surface area contributed by atoms with Crippen LogP contribution in [-0.4, -0.2) is 61.7 Å². The van der Waals surface area contributed by atoms with Gasteiger partial charge in [-0.1, -0.05) is 0 Å². The molecule has 2 heterocycles. The monoisotopic (exact) mass is 222 g/mol. The van der Waals surface area contributed by atoms with Crippen molar-refractivity contribution in [2.75, 3.05) is 39.8 Å². The minimum Gasteiger partial charge on any atom is -0.304 e. The van der Waals surface area contributed by atoms with Crippen molar-refractivity contribution in [1.29, 1.82) is 5.26 Å². The van der Waals surface area contributed by atoms with Crippen molar-refractivity contribution in [2.24, 2.45) is 0 Å². The standard InChI is InChI=1S/C12H22N4/c1-14-11(8-13)9-15-5-3-7-16-6-2-4-12(16)10-15/h11-12,14H,2-7,9-10H2,1H3. The molecule has 0 aromatic carbocycles. The first-order valence-electron chi connectivity index (χ1n) is 6.37. The van der Waals surface area contributed by atoms with Gasteiger partial charge < -0.3 is 5.32 Å². The molecule has 4 nitrogen and oxygen atoms in total. The molecular formula is C12H22N4. The number of rotatable bonds is 3. The smallest absolute Gasteiger partial charge is 0.108 e. The molecule has 2 aliphatic heterocycles. The van der Waals surface area contributed by atoms with Crippen LogP contribution >= 0.6 is 0 Å². The average molecular weight is 222 g/mol. The first-order chi connectivity index (χ1) is 7.83. The fraction of sp³-hybridized carbons (Fsp3) is 0.917. The van der Waals surface area contributed by atoms with E-state index < -0.39 is 0 Å². The van der Waals surface area contributed by atoms with Gasteiger partial charge >= 0.3 is 0 Å². The highest BCUT2D eigenvalue weighted by atomic mass is 15.3. The quantitative estimate of drug-likeness (QED) is 0.744. The van der Waals surface area contributed by atoms with Crippen molar-refractivity contribution in [2.45, 2.75) is 31.3 Å². The van der Waals surface area contributed by atoms with Gasteiger partial charge in [-0.3, -0.25) is 9.80 Å². The lowest BCUT2D eigenvalue weighted by atomic mass is 10.2. The molecule has 0 aromatic heterocycles. The highest BCUT2D eigenvalue weighted by Crippen LogP contribution is 2.21. The van der Waals surface area contributed by atoms with Gasteiger partial charge in [0.2, 0.25) is 0 Å². The van der Waals surface area contributed by atoms with Crippen molar-refractivity contribution >= 4 is 0 Å². The Hall–Kier alpha value is -0.630. The summed E-state index contributed by atoms with van der Waals surface area (Å²) in [7, 11) is 1.87. The minimum atomic E-state index is -0.0204. The minimum absolute atomic E-state index is 0.0204. The molecule has 1 N–H and O–H groups in total. The zero-order valence-corrected chi connectivity index (χ0v) is 10.2. The fourth-order valence-corrected chi connectivity index (χ4v) is 2.90. The maximum atomic E-state index is 8.96. The maximum Gasteiger partial charge on any atom is 0.108 e. The molecule has 2 rings (SSSR count). The molecule has 0 aromatic rings. The van der Waals surface area contributed by atoms with E-state index in [2.05, 4.69) is 21.2 Å². The molecule has 0 bridgehead atoms. The molecule has 2 saturated heterocycles. The number of nitrogens with zero attached hydrogens (tertiary/aromatic N) is 3. The summed E-state index contributed by atoms with van der Waals surface area (Å²) in [5.74, 6) is 0. The molecule has 2 fully saturated rings. The van der Waals surface area contributed by atoms with Crippen LogP contribution in [0.25, 0.3) is 0 Å². The Morgan fingerprint density at radius 2 is 2.19 bits per heavy atom. The Morgan fingerprint density at radius 1 is 1.38 bits per heavy atom. The SMILES string of the molecule is CNC(C#N)CN1CCCN2CCCC2C1. The van der Waals surface area contributed by atoms with Crippen molar-refractivity contribution in [3.05, 3.63) is 0 Å². The largest absolute Gasteiger partial charge is 0.304 e. The Morgan fingerprint density at radius 3 is 2.94 bits per heavy atom. The molecule has 2 unspecified atom stereocenters. The molecule has 2 aliphatic rings. The molecule has 16 heavy (non-hydrogen) atoms. The molecule has 0 spiro atoms. The van der Waals surface area contributed by atoms with Gasteiger partial charge in [-0.05, 0) is 45.9 Å². The van der Waals surface area contributed by atoms with Gasteiger partial charge in [-0.15, -0.1) is 0 Å². The van der Waals surface area contributed by atoms with Crippen LogP contribution in [0, 0.1) is 11.3 Å². The van der Waals surface area contributed by atoms with Gasteiger partial charge in [0.1, 0.15) is 6.04 Å². The van der Waals surface area contributed by atoms with E-state index >= 15 is 0 Å². The lowest BCUT2D eigenvalue weighted by Crippen LogP contribution is -2.42. The Labute approximate surface area is 98.2 Å². The van der Waals surface area contributed by atoms with Gasteiger partial charge in [0.25, 0.3) is 0 Å².